The van der Waals surface area contributed by atoms with Crippen molar-refractivity contribution in [2.45, 2.75) is 70.8 Å². The molecule has 0 bridgehead atoms. The number of carbonyl (C=O) groups is 2. The highest BCUT2D eigenvalue weighted by molar-refractivity contribution is 5.79. The average Bonchev–Trinajstić information content (AvgIpc) is 3.10. The van der Waals surface area contributed by atoms with Crippen molar-refractivity contribution in [3.8, 4) is 11.5 Å². The van der Waals surface area contributed by atoms with Gasteiger partial charge in [-0.15, -0.1) is 0 Å². The number of benzene rings is 2. The lowest BCUT2D eigenvalue weighted by Gasteiger charge is -2.20. The number of unbranched alkanes of at least 4 members (excludes halogenated alkanes) is 2. The molecule has 2 aromatic carbocycles. The van der Waals surface area contributed by atoms with Crippen molar-refractivity contribution in [1.82, 2.24) is 19.8 Å². The largest absolute Gasteiger partial charge is 0.493 e. The predicted molar refractivity (Wildman–Crippen MR) is 153 cm³/mol. The van der Waals surface area contributed by atoms with Gasteiger partial charge in [0.1, 0.15) is 5.82 Å². The highest BCUT2D eigenvalue weighted by Crippen LogP contribution is 2.27. The van der Waals surface area contributed by atoms with Gasteiger partial charge in [0.05, 0.1) is 31.7 Å². The van der Waals surface area contributed by atoms with Gasteiger partial charge in [-0.1, -0.05) is 37.5 Å². The summed E-state index contributed by atoms with van der Waals surface area (Å²) >= 11 is 0. The fourth-order valence-electron chi connectivity index (χ4n) is 5.30. The highest BCUT2D eigenvalue weighted by Gasteiger charge is 2.17. The molecule has 2 heterocycles. The Morgan fingerprint density at radius 1 is 0.923 bits per heavy atom. The van der Waals surface area contributed by atoms with E-state index in [1.807, 2.05) is 41.3 Å². The quantitative estimate of drug-likeness (QED) is 0.315. The van der Waals surface area contributed by atoms with Crippen LogP contribution in [-0.4, -0.2) is 60.1 Å². The van der Waals surface area contributed by atoms with E-state index in [1.54, 1.807) is 14.2 Å². The van der Waals surface area contributed by atoms with Crippen LogP contribution >= 0.6 is 0 Å². The summed E-state index contributed by atoms with van der Waals surface area (Å²) in [7, 11) is 3.19. The van der Waals surface area contributed by atoms with E-state index in [-0.39, 0.29) is 11.8 Å². The third-order valence-corrected chi connectivity index (χ3v) is 7.45. The summed E-state index contributed by atoms with van der Waals surface area (Å²) < 4.78 is 12.8. The third kappa shape index (κ3) is 7.97. The van der Waals surface area contributed by atoms with Crippen LogP contribution in [0, 0.1) is 0 Å². The number of carbonyl (C=O) groups excluding carboxylic acids is 2. The molecule has 1 aromatic heterocycles. The first-order chi connectivity index (χ1) is 19.1. The van der Waals surface area contributed by atoms with Crippen LogP contribution in [0.5, 0.6) is 11.5 Å². The molecule has 0 radical (unpaired) electrons. The fraction of sp³-hybridized carbons (Fsp3) is 0.516. The fourth-order valence-corrected chi connectivity index (χ4v) is 5.30. The van der Waals surface area contributed by atoms with E-state index >= 15 is 0 Å². The number of hydrogen-bond acceptors (Lipinski definition) is 5. The third-order valence-electron chi connectivity index (χ3n) is 7.45. The first-order valence-electron chi connectivity index (χ1n) is 14.3. The number of ether oxygens (including phenoxy) is 2. The number of amides is 2. The molecule has 4 rings (SSSR count). The van der Waals surface area contributed by atoms with E-state index in [4.69, 9.17) is 14.5 Å². The Morgan fingerprint density at radius 3 is 2.46 bits per heavy atom. The Kier molecular flexibility index (Phi) is 10.6. The van der Waals surface area contributed by atoms with Gasteiger partial charge < -0.3 is 24.3 Å². The van der Waals surface area contributed by atoms with Crippen molar-refractivity contribution in [2.24, 2.45) is 0 Å². The maximum absolute atomic E-state index is 12.9. The number of nitrogens with one attached hydrogen (secondary N) is 1. The second kappa shape index (κ2) is 14.6. The van der Waals surface area contributed by atoms with Crippen LogP contribution in [0.3, 0.4) is 0 Å². The Labute approximate surface area is 231 Å². The molecule has 1 aliphatic heterocycles. The van der Waals surface area contributed by atoms with E-state index in [2.05, 4.69) is 16.0 Å². The summed E-state index contributed by atoms with van der Waals surface area (Å²) in [5.74, 6) is 2.57. The molecule has 1 saturated heterocycles. The molecule has 0 unspecified atom stereocenters. The van der Waals surface area contributed by atoms with Gasteiger partial charge in [0.25, 0.3) is 0 Å². The Morgan fingerprint density at radius 2 is 1.69 bits per heavy atom. The van der Waals surface area contributed by atoms with E-state index < -0.39 is 0 Å². The summed E-state index contributed by atoms with van der Waals surface area (Å²) in [5, 5.41) is 3.02. The van der Waals surface area contributed by atoms with Crippen LogP contribution in [0.2, 0.25) is 0 Å². The van der Waals surface area contributed by atoms with E-state index in [1.165, 1.54) is 12.8 Å². The minimum Gasteiger partial charge on any atom is -0.493 e. The second-order valence-electron chi connectivity index (χ2n) is 10.2. The normalized spacial score (nSPS) is 13.7. The summed E-state index contributed by atoms with van der Waals surface area (Å²) in [6.07, 6.45) is 9.23. The van der Waals surface area contributed by atoms with E-state index in [0.717, 1.165) is 74.0 Å². The maximum Gasteiger partial charge on any atom is 0.224 e. The Balaban J connectivity index is 1.23. The van der Waals surface area contributed by atoms with Gasteiger partial charge in [-0.25, -0.2) is 4.98 Å². The number of fused-ring (bicyclic) bond motifs is 1. The van der Waals surface area contributed by atoms with Crippen LogP contribution in [0.1, 0.15) is 62.8 Å². The number of imidazole rings is 1. The molecule has 2 amide bonds. The molecule has 0 atom stereocenters. The smallest absolute Gasteiger partial charge is 0.224 e. The minimum absolute atomic E-state index is 0.00177. The van der Waals surface area contributed by atoms with Crippen LogP contribution in [0.4, 0.5) is 0 Å². The van der Waals surface area contributed by atoms with Gasteiger partial charge in [0, 0.05) is 39.0 Å². The molecule has 1 fully saturated rings. The molecule has 0 aliphatic carbocycles. The number of aromatic nitrogens is 2. The molecule has 0 spiro atoms. The molecular weight excluding hydrogens is 492 g/mol. The van der Waals surface area contributed by atoms with Crippen LogP contribution in [-0.2, 0) is 29.0 Å². The highest BCUT2D eigenvalue weighted by atomic mass is 16.5. The number of rotatable bonds is 13. The molecular formula is C31H42N4O4. The van der Waals surface area contributed by atoms with Crippen molar-refractivity contribution in [3.05, 3.63) is 53.9 Å². The maximum atomic E-state index is 12.9. The van der Waals surface area contributed by atoms with E-state index in [0.29, 0.717) is 37.4 Å². The molecule has 3 aromatic rings. The summed E-state index contributed by atoms with van der Waals surface area (Å²) in [6, 6.07) is 13.7. The zero-order chi connectivity index (χ0) is 27.5. The lowest BCUT2D eigenvalue weighted by molar-refractivity contribution is -0.131. The zero-order valence-corrected chi connectivity index (χ0v) is 23.4. The molecule has 8 nitrogen and oxygen atoms in total. The van der Waals surface area contributed by atoms with Gasteiger partial charge >= 0.3 is 0 Å². The second-order valence-corrected chi connectivity index (χ2v) is 10.2. The first-order valence-corrected chi connectivity index (χ1v) is 14.3. The Bertz CT molecular complexity index is 1230. The SMILES string of the molecule is COc1ccc(CC(=O)NCCCCCc2nc3ccccc3n2CCC(=O)N2CCCCCC2)cc1OC. The Hall–Kier alpha value is -3.55. The van der Waals surface area contributed by atoms with Crippen LogP contribution < -0.4 is 14.8 Å². The van der Waals surface area contributed by atoms with Crippen molar-refractivity contribution in [2.75, 3.05) is 33.9 Å². The lowest BCUT2D eigenvalue weighted by atomic mass is 10.1. The summed E-state index contributed by atoms with van der Waals surface area (Å²) in [6.45, 7) is 3.09. The van der Waals surface area contributed by atoms with Crippen LogP contribution in [0.15, 0.2) is 42.5 Å². The molecule has 1 N–H and O–H groups in total. The minimum atomic E-state index is -0.00177. The number of likely N-dealkylation sites (tertiary alicyclic amines) is 1. The average molecular weight is 535 g/mol. The number of para-hydroxylation sites is 2. The number of methoxy groups -OCH3 is 2. The summed E-state index contributed by atoms with van der Waals surface area (Å²) in [4.78, 5) is 32.2. The number of hydrogen-bond donors (Lipinski definition) is 1. The van der Waals surface area contributed by atoms with Gasteiger partial charge in [-0.05, 0) is 55.5 Å². The monoisotopic (exact) mass is 534 g/mol. The van der Waals surface area contributed by atoms with Crippen molar-refractivity contribution >= 4 is 22.8 Å². The van der Waals surface area contributed by atoms with E-state index in [9.17, 15) is 9.59 Å². The molecule has 0 saturated carbocycles. The van der Waals surface area contributed by atoms with Gasteiger partial charge in [0.2, 0.25) is 11.8 Å². The summed E-state index contributed by atoms with van der Waals surface area (Å²) in [5.41, 5.74) is 2.97. The topological polar surface area (TPSA) is 85.7 Å². The van der Waals surface area contributed by atoms with Crippen molar-refractivity contribution in [3.63, 3.8) is 0 Å². The standard InChI is InChI=1S/C31H42N4O4/c1-38-27-16-15-24(22-28(27)39-2)23-30(36)32-18-9-5-6-14-29-33-25-12-7-8-13-26(25)35(29)21-17-31(37)34-19-10-3-4-11-20-34/h7-8,12-13,15-16,22H,3-6,9-11,14,17-21,23H2,1-2H3,(H,32,36). The molecule has 8 heteroatoms. The lowest BCUT2D eigenvalue weighted by Crippen LogP contribution is -2.32. The van der Waals surface area contributed by atoms with Gasteiger partial charge in [0.15, 0.2) is 11.5 Å². The van der Waals surface area contributed by atoms with Crippen molar-refractivity contribution in [1.29, 1.82) is 0 Å². The number of nitrogens with zero attached hydrogens (tertiary/aromatic N) is 3. The van der Waals surface area contributed by atoms with Crippen LogP contribution in [0.25, 0.3) is 11.0 Å². The molecule has 1 aliphatic rings. The molecule has 39 heavy (non-hydrogen) atoms. The first kappa shape index (κ1) is 28.5. The molecule has 210 valence electrons. The van der Waals surface area contributed by atoms with Gasteiger partial charge in [-0.2, -0.15) is 0 Å². The van der Waals surface area contributed by atoms with Gasteiger partial charge in [-0.3, -0.25) is 9.59 Å². The number of aryl methyl sites for hydroxylation is 2. The predicted octanol–water partition coefficient (Wildman–Crippen LogP) is 4.92. The zero-order valence-electron chi connectivity index (χ0n) is 23.4. The van der Waals surface area contributed by atoms with Crippen molar-refractivity contribution < 1.29 is 19.1 Å².